The molecule has 2 heteroatoms. The van der Waals surface area contributed by atoms with Crippen molar-refractivity contribution in [3.05, 3.63) is 48.0 Å². The van der Waals surface area contributed by atoms with Crippen LogP contribution in [0.5, 0.6) is 0 Å². The molecule has 1 aromatic carbocycles. The minimum Gasteiger partial charge on any atom is -0.392 e. The van der Waals surface area contributed by atoms with Gasteiger partial charge in [-0.05, 0) is 5.56 Å². The largest absolute Gasteiger partial charge is 0.392 e. The molecular weight excluding hydrogens is 164 g/mol. The summed E-state index contributed by atoms with van der Waals surface area (Å²) < 4.78 is 0. The molecular formula is C11H14O2. The van der Waals surface area contributed by atoms with Crippen LogP contribution < -0.4 is 0 Å². The first kappa shape index (κ1) is 9.96. The van der Waals surface area contributed by atoms with E-state index in [1.807, 2.05) is 30.3 Å². The summed E-state index contributed by atoms with van der Waals surface area (Å²) in [7, 11) is 0. The first-order chi connectivity index (χ1) is 6.33. The van der Waals surface area contributed by atoms with Crippen molar-refractivity contribution in [1.29, 1.82) is 0 Å². The molecule has 0 aliphatic rings. The van der Waals surface area contributed by atoms with E-state index in [-0.39, 0.29) is 6.61 Å². The third kappa shape index (κ3) is 3.87. The van der Waals surface area contributed by atoms with Crippen LogP contribution in [0.25, 0.3) is 0 Å². The molecule has 2 N–H and O–H groups in total. The first-order valence-corrected chi connectivity index (χ1v) is 4.32. The molecule has 1 unspecified atom stereocenters. The Labute approximate surface area is 78.2 Å². The molecule has 0 aromatic heterocycles. The van der Waals surface area contributed by atoms with E-state index in [2.05, 4.69) is 0 Å². The number of aliphatic hydroxyl groups is 2. The van der Waals surface area contributed by atoms with E-state index in [0.29, 0.717) is 6.42 Å². The van der Waals surface area contributed by atoms with Gasteiger partial charge in [0.05, 0.1) is 12.7 Å². The Morgan fingerprint density at radius 3 is 2.54 bits per heavy atom. The van der Waals surface area contributed by atoms with Gasteiger partial charge in [0.15, 0.2) is 0 Å². The molecule has 0 fully saturated rings. The first-order valence-electron chi connectivity index (χ1n) is 4.32. The van der Waals surface area contributed by atoms with Gasteiger partial charge in [0.25, 0.3) is 0 Å². The highest BCUT2D eigenvalue weighted by Crippen LogP contribution is 2.03. The average molecular weight is 178 g/mol. The summed E-state index contributed by atoms with van der Waals surface area (Å²) in [6.45, 7) is -0.0220. The van der Waals surface area contributed by atoms with E-state index in [1.165, 1.54) is 0 Å². The Balaban J connectivity index is 2.45. The molecule has 0 spiro atoms. The summed E-state index contributed by atoms with van der Waals surface area (Å²) in [5, 5.41) is 17.9. The lowest BCUT2D eigenvalue weighted by atomic mass is 10.1. The van der Waals surface area contributed by atoms with Crippen molar-refractivity contribution in [3.63, 3.8) is 0 Å². The predicted molar refractivity (Wildman–Crippen MR) is 52.4 cm³/mol. The molecule has 0 amide bonds. The normalized spacial score (nSPS) is 13.4. The van der Waals surface area contributed by atoms with Crippen LogP contribution >= 0.6 is 0 Å². The molecule has 0 aliphatic heterocycles. The van der Waals surface area contributed by atoms with Crippen molar-refractivity contribution in [2.45, 2.75) is 12.5 Å². The van der Waals surface area contributed by atoms with Crippen LogP contribution in [0.1, 0.15) is 5.56 Å². The second-order valence-electron chi connectivity index (χ2n) is 2.87. The number of hydrogen-bond acceptors (Lipinski definition) is 2. The fraction of sp³-hybridized carbons (Fsp3) is 0.273. The van der Waals surface area contributed by atoms with Crippen molar-refractivity contribution < 1.29 is 10.2 Å². The van der Waals surface area contributed by atoms with E-state index < -0.39 is 6.10 Å². The molecule has 2 nitrogen and oxygen atoms in total. The van der Waals surface area contributed by atoms with E-state index >= 15 is 0 Å². The highest BCUT2D eigenvalue weighted by atomic mass is 16.3. The zero-order valence-corrected chi connectivity index (χ0v) is 7.43. The van der Waals surface area contributed by atoms with E-state index in [4.69, 9.17) is 5.11 Å². The van der Waals surface area contributed by atoms with Gasteiger partial charge >= 0.3 is 0 Å². The maximum absolute atomic E-state index is 9.44. The summed E-state index contributed by atoms with van der Waals surface area (Å²) in [6, 6.07) is 9.76. The van der Waals surface area contributed by atoms with Crippen molar-refractivity contribution in [3.8, 4) is 0 Å². The second kappa shape index (κ2) is 5.51. The van der Waals surface area contributed by atoms with Crippen LogP contribution in [0.15, 0.2) is 42.5 Å². The van der Waals surface area contributed by atoms with E-state index in [9.17, 15) is 5.11 Å². The van der Waals surface area contributed by atoms with Gasteiger partial charge in [0, 0.05) is 6.42 Å². The molecule has 0 saturated heterocycles. The van der Waals surface area contributed by atoms with Gasteiger partial charge in [0.1, 0.15) is 0 Å². The van der Waals surface area contributed by atoms with Gasteiger partial charge in [-0.15, -0.1) is 0 Å². The van der Waals surface area contributed by atoms with Crippen LogP contribution in [-0.4, -0.2) is 22.9 Å². The van der Waals surface area contributed by atoms with Crippen molar-refractivity contribution in [2.24, 2.45) is 0 Å². The monoisotopic (exact) mass is 178 g/mol. The highest BCUT2D eigenvalue weighted by Gasteiger charge is 1.99. The molecule has 0 heterocycles. The van der Waals surface area contributed by atoms with Crippen molar-refractivity contribution in [1.82, 2.24) is 0 Å². The van der Waals surface area contributed by atoms with Crippen LogP contribution in [0, 0.1) is 0 Å². The lowest BCUT2D eigenvalue weighted by molar-refractivity contribution is 0.222. The third-order valence-corrected chi connectivity index (χ3v) is 1.75. The Kier molecular flexibility index (Phi) is 4.23. The second-order valence-corrected chi connectivity index (χ2v) is 2.87. The van der Waals surface area contributed by atoms with Gasteiger partial charge in [0.2, 0.25) is 0 Å². The molecule has 0 saturated carbocycles. The van der Waals surface area contributed by atoms with Crippen LogP contribution in [0.2, 0.25) is 0 Å². The van der Waals surface area contributed by atoms with Crippen LogP contribution in [-0.2, 0) is 6.42 Å². The quantitative estimate of drug-likeness (QED) is 0.679. The van der Waals surface area contributed by atoms with E-state index in [1.54, 1.807) is 12.2 Å². The number of aliphatic hydroxyl groups excluding tert-OH is 2. The highest BCUT2D eigenvalue weighted by molar-refractivity contribution is 5.16. The minimum atomic E-state index is -0.505. The maximum Gasteiger partial charge on any atom is 0.0762 e. The van der Waals surface area contributed by atoms with E-state index in [0.717, 1.165) is 5.56 Å². The zero-order chi connectivity index (χ0) is 9.52. The standard InChI is InChI=1S/C11H14O2/c12-8-4-7-11(13)9-10-5-2-1-3-6-10/h1-7,11-13H,8-9H2. The fourth-order valence-corrected chi connectivity index (χ4v) is 1.14. The van der Waals surface area contributed by atoms with Crippen molar-refractivity contribution >= 4 is 0 Å². The molecule has 70 valence electrons. The fourth-order valence-electron chi connectivity index (χ4n) is 1.14. The Morgan fingerprint density at radius 1 is 1.23 bits per heavy atom. The smallest absolute Gasteiger partial charge is 0.0762 e. The summed E-state index contributed by atoms with van der Waals surface area (Å²) >= 11 is 0. The molecule has 13 heavy (non-hydrogen) atoms. The molecule has 1 atom stereocenters. The maximum atomic E-state index is 9.44. The molecule has 0 radical (unpaired) electrons. The van der Waals surface area contributed by atoms with Gasteiger partial charge in [-0.25, -0.2) is 0 Å². The molecule has 0 aliphatic carbocycles. The van der Waals surface area contributed by atoms with Gasteiger partial charge in [-0.3, -0.25) is 0 Å². The minimum absolute atomic E-state index is 0.0220. The zero-order valence-electron chi connectivity index (χ0n) is 7.43. The molecule has 1 rings (SSSR count). The summed E-state index contributed by atoms with van der Waals surface area (Å²) in [5.74, 6) is 0. The number of benzene rings is 1. The third-order valence-electron chi connectivity index (χ3n) is 1.75. The average Bonchev–Trinajstić information content (AvgIpc) is 2.16. The Bertz CT molecular complexity index is 254. The molecule has 1 aromatic rings. The summed E-state index contributed by atoms with van der Waals surface area (Å²) in [5.41, 5.74) is 1.09. The Hall–Kier alpha value is -1.12. The van der Waals surface area contributed by atoms with Crippen LogP contribution in [0.3, 0.4) is 0 Å². The van der Waals surface area contributed by atoms with Gasteiger partial charge in [-0.2, -0.15) is 0 Å². The Morgan fingerprint density at radius 2 is 1.92 bits per heavy atom. The number of rotatable bonds is 4. The lowest BCUT2D eigenvalue weighted by Crippen LogP contribution is -2.06. The topological polar surface area (TPSA) is 40.5 Å². The number of hydrogen-bond donors (Lipinski definition) is 2. The predicted octanol–water partition coefficient (Wildman–Crippen LogP) is 1.14. The summed E-state index contributed by atoms with van der Waals surface area (Å²) in [6.07, 6.45) is 3.24. The van der Waals surface area contributed by atoms with Crippen LogP contribution in [0.4, 0.5) is 0 Å². The van der Waals surface area contributed by atoms with Gasteiger partial charge < -0.3 is 10.2 Å². The molecule has 0 bridgehead atoms. The SMILES string of the molecule is OCC=CC(O)Cc1ccccc1. The summed E-state index contributed by atoms with van der Waals surface area (Å²) in [4.78, 5) is 0. The van der Waals surface area contributed by atoms with Crippen molar-refractivity contribution in [2.75, 3.05) is 6.61 Å². The van der Waals surface area contributed by atoms with Gasteiger partial charge in [-0.1, -0.05) is 42.5 Å². The lowest BCUT2D eigenvalue weighted by Gasteiger charge is -2.04.